The molecule has 0 saturated carbocycles. The number of nitrogens with zero attached hydrogens (tertiary/aromatic N) is 2. The van der Waals surface area contributed by atoms with E-state index < -0.39 is 0 Å². The molecule has 6 heteroatoms. The Labute approximate surface area is 186 Å². The number of anilines is 3. The topological polar surface area (TPSA) is 59.0 Å². The first-order valence-corrected chi connectivity index (χ1v) is 10.4. The molecule has 0 radical (unpaired) electrons. The fourth-order valence-corrected chi connectivity index (χ4v) is 3.62. The van der Waals surface area contributed by atoms with Gasteiger partial charge >= 0.3 is 0 Å². The van der Waals surface area contributed by atoms with Crippen molar-refractivity contribution in [1.82, 2.24) is 9.78 Å². The lowest BCUT2D eigenvalue weighted by atomic mass is 10.1. The number of halogens is 1. The molecule has 0 aliphatic carbocycles. The van der Waals surface area contributed by atoms with Gasteiger partial charge in [-0.15, -0.1) is 0 Å². The molecule has 0 bridgehead atoms. The number of hydrogen-bond acceptors (Lipinski definition) is 3. The summed E-state index contributed by atoms with van der Waals surface area (Å²) >= 11 is 6.52. The smallest absolute Gasteiger partial charge is 0.260 e. The number of amides is 1. The van der Waals surface area contributed by atoms with Crippen LogP contribution in [0, 0.1) is 13.8 Å². The highest BCUT2D eigenvalue weighted by atomic mass is 35.5. The van der Waals surface area contributed by atoms with Gasteiger partial charge < -0.3 is 10.6 Å². The Kier molecular flexibility index (Phi) is 6.05. The van der Waals surface area contributed by atoms with E-state index in [-0.39, 0.29) is 5.91 Å². The maximum atomic E-state index is 12.9. The average Bonchev–Trinajstić information content (AvgIpc) is 3.05. The molecule has 1 aromatic heterocycles. The van der Waals surface area contributed by atoms with Gasteiger partial charge in [0.1, 0.15) is 5.15 Å². The third-order valence-corrected chi connectivity index (χ3v) is 5.33. The Bertz CT molecular complexity index is 1180. The van der Waals surface area contributed by atoms with E-state index in [9.17, 15) is 4.79 Å². The normalized spacial score (nSPS) is 10.7. The lowest BCUT2D eigenvalue weighted by Gasteiger charge is -2.09. The van der Waals surface area contributed by atoms with Crippen LogP contribution in [0.1, 0.15) is 27.2 Å². The molecule has 0 fully saturated rings. The molecule has 0 unspecified atom stereocenters. The predicted molar refractivity (Wildman–Crippen MR) is 126 cm³/mol. The van der Waals surface area contributed by atoms with Crippen LogP contribution >= 0.6 is 11.6 Å². The number of carbonyl (C=O) groups is 1. The summed E-state index contributed by atoms with van der Waals surface area (Å²) in [6.45, 7) is 4.34. The van der Waals surface area contributed by atoms with Crippen molar-refractivity contribution in [2.75, 3.05) is 10.6 Å². The summed E-state index contributed by atoms with van der Waals surface area (Å²) in [7, 11) is 0. The summed E-state index contributed by atoms with van der Waals surface area (Å²) in [6.07, 6.45) is 0. The molecule has 3 aromatic carbocycles. The van der Waals surface area contributed by atoms with Crippen molar-refractivity contribution in [3.8, 4) is 0 Å². The Hall–Kier alpha value is -3.57. The molecular weight excluding hydrogens is 408 g/mol. The first-order chi connectivity index (χ1) is 15.0. The van der Waals surface area contributed by atoms with E-state index >= 15 is 0 Å². The number of nitrogens with one attached hydrogen (secondary N) is 2. The van der Waals surface area contributed by atoms with Crippen molar-refractivity contribution < 1.29 is 4.79 Å². The standard InChI is InChI=1S/C25H23ClN4O/c1-17-8-10-19(11-9-17)16-30-24(26)23(18(2)29-30)25(31)28-22-14-12-21(13-15-22)27-20-6-4-3-5-7-20/h3-15,27H,16H2,1-2H3,(H,28,31). The predicted octanol–water partition coefficient (Wildman–Crippen LogP) is 6.20. The summed E-state index contributed by atoms with van der Waals surface area (Å²) < 4.78 is 1.66. The highest BCUT2D eigenvalue weighted by Gasteiger charge is 2.20. The Balaban J connectivity index is 1.46. The quantitative estimate of drug-likeness (QED) is 0.383. The van der Waals surface area contributed by atoms with Gasteiger partial charge in [0.15, 0.2) is 0 Å². The van der Waals surface area contributed by atoms with E-state index in [2.05, 4.69) is 15.7 Å². The second kappa shape index (κ2) is 9.06. The molecule has 0 atom stereocenters. The number of aromatic nitrogens is 2. The first-order valence-electron chi connectivity index (χ1n) is 10.0. The zero-order chi connectivity index (χ0) is 21.8. The summed E-state index contributed by atoms with van der Waals surface area (Å²) in [5, 5.41) is 11.0. The lowest BCUT2D eigenvalue weighted by Crippen LogP contribution is -2.13. The van der Waals surface area contributed by atoms with Crippen molar-refractivity contribution in [2.45, 2.75) is 20.4 Å². The van der Waals surface area contributed by atoms with Crippen LogP contribution in [0.4, 0.5) is 17.1 Å². The van der Waals surface area contributed by atoms with Crippen molar-refractivity contribution in [1.29, 1.82) is 0 Å². The monoisotopic (exact) mass is 430 g/mol. The van der Waals surface area contributed by atoms with Crippen LogP contribution in [-0.4, -0.2) is 15.7 Å². The van der Waals surface area contributed by atoms with E-state index in [0.29, 0.717) is 28.6 Å². The van der Waals surface area contributed by atoms with Crippen LogP contribution in [0.2, 0.25) is 5.15 Å². The third kappa shape index (κ3) is 4.95. The van der Waals surface area contributed by atoms with Crippen molar-refractivity contribution in [3.05, 3.63) is 106 Å². The zero-order valence-corrected chi connectivity index (χ0v) is 18.1. The molecule has 0 aliphatic rings. The van der Waals surface area contributed by atoms with Crippen LogP contribution in [0.3, 0.4) is 0 Å². The molecule has 1 amide bonds. The fraction of sp³-hybridized carbons (Fsp3) is 0.120. The van der Waals surface area contributed by atoms with Gasteiger partial charge in [-0.2, -0.15) is 5.10 Å². The summed E-state index contributed by atoms with van der Waals surface area (Å²) in [5.74, 6) is -0.276. The second-order valence-electron chi connectivity index (χ2n) is 7.42. The average molecular weight is 431 g/mol. The van der Waals surface area contributed by atoms with Crippen LogP contribution < -0.4 is 10.6 Å². The Morgan fingerprint density at radius 3 is 2.16 bits per heavy atom. The van der Waals surface area contributed by atoms with E-state index in [1.165, 1.54) is 5.56 Å². The minimum absolute atomic E-state index is 0.276. The molecule has 2 N–H and O–H groups in total. The van der Waals surface area contributed by atoms with E-state index in [0.717, 1.165) is 16.9 Å². The largest absolute Gasteiger partial charge is 0.356 e. The third-order valence-electron chi connectivity index (χ3n) is 4.95. The van der Waals surface area contributed by atoms with Crippen LogP contribution in [0.15, 0.2) is 78.9 Å². The number of hydrogen-bond donors (Lipinski definition) is 2. The number of aryl methyl sites for hydroxylation is 2. The van der Waals surface area contributed by atoms with Crippen LogP contribution in [0.25, 0.3) is 0 Å². The maximum Gasteiger partial charge on any atom is 0.260 e. The van der Waals surface area contributed by atoms with Gasteiger partial charge in [0, 0.05) is 17.1 Å². The molecule has 1 heterocycles. The fourth-order valence-electron chi connectivity index (χ4n) is 3.30. The molecule has 4 aromatic rings. The minimum Gasteiger partial charge on any atom is -0.356 e. The second-order valence-corrected chi connectivity index (χ2v) is 7.77. The van der Waals surface area contributed by atoms with E-state index in [4.69, 9.17) is 11.6 Å². The van der Waals surface area contributed by atoms with Gasteiger partial charge in [0.05, 0.1) is 17.8 Å². The van der Waals surface area contributed by atoms with Crippen LogP contribution in [0.5, 0.6) is 0 Å². The Morgan fingerprint density at radius 2 is 1.48 bits per heavy atom. The number of benzene rings is 3. The SMILES string of the molecule is Cc1ccc(Cn2nc(C)c(C(=O)Nc3ccc(Nc4ccccc4)cc3)c2Cl)cc1. The molecule has 31 heavy (non-hydrogen) atoms. The van der Waals surface area contributed by atoms with Crippen molar-refractivity contribution in [3.63, 3.8) is 0 Å². The van der Waals surface area contributed by atoms with Gasteiger partial charge in [-0.05, 0) is 55.8 Å². The molecule has 5 nitrogen and oxygen atoms in total. The number of rotatable bonds is 6. The van der Waals surface area contributed by atoms with Gasteiger partial charge in [-0.25, -0.2) is 4.68 Å². The van der Waals surface area contributed by atoms with Crippen molar-refractivity contribution in [2.24, 2.45) is 0 Å². The van der Waals surface area contributed by atoms with Gasteiger partial charge in [0.25, 0.3) is 5.91 Å². The van der Waals surface area contributed by atoms with E-state index in [1.807, 2.05) is 85.8 Å². The first kappa shape index (κ1) is 20.7. The molecule has 0 aliphatic heterocycles. The van der Waals surface area contributed by atoms with E-state index in [1.54, 1.807) is 11.6 Å². The highest BCUT2D eigenvalue weighted by molar-refractivity contribution is 6.33. The summed E-state index contributed by atoms with van der Waals surface area (Å²) in [6, 6.07) is 25.6. The molecule has 0 spiro atoms. The number of carbonyl (C=O) groups excluding carboxylic acids is 1. The lowest BCUT2D eigenvalue weighted by molar-refractivity contribution is 0.102. The molecular formula is C25H23ClN4O. The summed E-state index contributed by atoms with van der Waals surface area (Å²) in [5.41, 5.74) is 5.87. The van der Waals surface area contributed by atoms with Crippen LogP contribution in [-0.2, 0) is 6.54 Å². The molecule has 4 rings (SSSR count). The van der Waals surface area contributed by atoms with Gasteiger partial charge in [0.2, 0.25) is 0 Å². The van der Waals surface area contributed by atoms with Gasteiger partial charge in [-0.3, -0.25) is 4.79 Å². The highest BCUT2D eigenvalue weighted by Crippen LogP contribution is 2.24. The zero-order valence-electron chi connectivity index (χ0n) is 17.4. The minimum atomic E-state index is -0.276. The Morgan fingerprint density at radius 1 is 0.871 bits per heavy atom. The molecule has 156 valence electrons. The maximum absolute atomic E-state index is 12.9. The van der Waals surface area contributed by atoms with Crippen molar-refractivity contribution >= 4 is 34.6 Å². The summed E-state index contributed by atoms with van der Waals surface area (Å²) in [4.78, 5) is 12.9. The van der Waals surface area contributed by atoms with Gasteiger partial charge in [-0.1, -0.05) is 59.6 Å². The number of para-hydroxylation sites is 1. The molecule has 0 saturated heterocycles.